The number of amides is 1. The van der Waals surface area contributed by atoms with Gasteiger partial charge in [-0.2, -0.15) is 5.10 Å². The molecule has 2 N–H and O–H groups in total. The number of phenols is 1. The van der Waals surface area contributed by atoms with Crippen LogP contribution in [0, 0.1) is 0 Å². The predicted octanol–water partition coefficient (Wildman–Crippen LogP) is 3.33. The zero-order valence-corrected chi connectivity index (χ0v) is 15.0. The first kappa shape index (κ1) is 17.8. The molecule has 0 fully saturated rings. The summed E-state index contributed by atoms with van der Waals surface area (Å²) in [6.45, 7) is 1.67. The molecule has 24 heavy (non-hydrogen) atoms. The van der Waals surface area contributed by atoms with Crippen LogP contribution in [-0.4, -0.2) is 30.9 Å². The van der Waals surface area contributed by atoms with E-state index in [1.807, 2.05) is 6.07 Å². The van der Waals surface area contributed by atoms with Gasteiger partial charge in [-0.05, 0) is 47.1 Å². The van der Waals surface area contributed by atoms with E-state index >= 15 is 0 Å². The second-order valence-corrected chi connectivity index (χ2v) is 5.67. The first-order valence-electron chi connectivity index (χ1n) is 7.03. The van der Waals surface area contributed by atoms with Gasteiger partial charge in [-0.3, -0.25) is 4.79 Å². The number of hydrazone groups is 1. The van der Waals surface area contributed by atoms with Crippen molar-refractivity contribution in [1.82, 2.24) is 5.43 Å². The summed E-state index contributed by atoms with van der Waals surface area (Å²) in [5.74, 6) is 0.153. The predicted molar refractivity (Wildman–Crippen MR) is 95.0 cm³/mol. The minimum Gasteiger partial charge on any atom is -0.504 e. The molecule has 0 unspecified atom stereocenters. The molecule has 0 saturated carbocycles. The molecule has 0 spiro atoms. The molecule has 1 amide bonds. The zero-order chi connectivity index (χ0) is 17.7. The van der Waals surface area contributed by atoms with Crippen LogP contribution in [0.25, 0.3) is 0 Å². The van der Waals surface area contributed by atoms with Gasteiger partial charge in [0.05, 0.1) is 25.5 Å². The fourth-order valence-corrected chi connectivity index (χ4v) is 2.57. The van der Waals surface area contributed by atoms with Crippen LogP contribution in [0.5, 0.6) is 17.2 Å². The van der Waals surface area contributed by atoms with Gasteiger partial charge in [0.25, 0.3) is 5.91 Å². The second kappa shape index (κ2) is 7.83. The summed E-state index contributed by atoms with van der Waals surface area (Å²) in [6, 6.07) is 10.3. The number of hydrogen-bond donors (Lipinski definition) is 2. The number of ether oxygens (including phenoxy) is 2. The molecule has 2 aromatic carbocycles. The number of rotatable bonds is 5. The molecule has 6 nitrogen and oxygen atoms in total. The molecule has 0 aliphatic carbocycles. The third-order valence-corrected chi connectivity index (χ3v) is 4.04. The molecular formula is C17H17BrN2O4. The number of nitrogens with zero attached hydrogens (tertiary/aromatic N) is 1. The number of aromatic hydroxyl groups is 1. The van der Waals surface area contributed by atoms with Gasteiger partial charge < -0.3 is 14.6 Å². The van der Waals surface area contributed by atoms with Crippen LogP contribution < -0.4 is 14.9 Å². The SMILES string of the molecule is COc1ccc(/C(C)=N/NC(=O)c2ccccc2Br)c(O)c1OC. The Kier molecular flexibility index (Phi) is 5.81. The Balaban J connectivity index is 2.26. The van der Waals surface area contributed by atoms with Gasteiger partial charge in [-0.25, -0.2) is 5.43 Å². The van der Waals surface area contributed by atoms with E-state index < -0.39 is 0 Å². The number of carbonyl (C=O) groups is 1. The summed E-state index contributed by atoms with van der Waals surface area (Å²) in [5.41, 5.74) is 3.79. The highest BCUT2D eigenvalue weighted by Crippen LogP contribution is 2.39. The number of carbonyl (C=O) groups excluding carboxylic acids is 1. The van der Waals surface area contributed by atoms with E-state index in [9.17, 15) is 9.90 Å². The van der Waals surface area contributed by atoms with Crippen molar-refractivity contribution >= 4 is 27.5 Å². The fraction of sp³-hybridized carbons (Fsp3) is 0.176. The van der Waals surface area contributed by atoms with Gasteiger partial charge in [0.1, 0.15) is 0 Å². The lowest BCUT2D eigenvalue weighted by Gasteiger charge is -2.12. The van der Waals surface area contributed by atoms with Crippen LogP contribution in [0.15, 0.2) is 46.0 Å². The molecule has 0 aliphatic rings. The molecule has 0 aliphatic heterocycles. The average molecular weight is 393 g/mol. The van der Waals surface area contributed by atoms with Crippen molar-refractivity contribution in [3.63, 3.8) is 0 Å². The summed E-state index contributed by atoms with van der Waals surface area (Å²) in [4.78, 5) is 12.2. The van der Waals surface area contributed by atoms with Crippen molar-refractivity contribution in [2.45, 2.75) is 6.92 Å². The lowest BCUT2D eigenvalue weighted by molar-refractivity contribution is 0.0954. The molecule has 0 heterocycles. The molecule has 0 atom stereocenters. The largest absolute Gasteiger partial charge is 0.504 e. The van der Waals surface area contributed by atoms with Crippen molar-refractivity contribution in [3.05, 3.63) is 52.0 Å². The first-order chi connectivity index (χ1) is 11.5. The average Bonchev–Trinajstić information content (AvgIpc) is 2.59. The Morgan fingerprint density at radius 3 is 2.46 bits per heavy atom. The maximum Gasteiger partial charge on any atom is 0.272 e. The standard InChI is InChI=1S/C17H17BrN2O4/c1-10(11-8-9-14(23-2)16(24-3)15(11)21)19-20-17(22)12-6-4-5-7-13(12)18/h4-9,21H,1-3H3,(H,20,22)/b19-10+. The topological polar surface area (TPSA) is 80.2 Å². The Labute approximate surface area is 148 Å². The fourth-order valence-electron chi connectivity index (χ4n) is 2.10. The smallest absolute Gasteiger partial charge is 0.272 e. The van der Waals surface area contributed by atoms with Crippen molar-refractivity contribution in [2.75, 3.05) is 14.2 Å². The van der Waals surface area contributed by atoms with E-state index in [2.05, 4.69) is 26.5 Å². The number of hydrogen-bond acceptors (Lipinski definition) is 5. The Morgan fingerprint density at radius 2 is 1.83 bits per heavy atom. The van der Waals surface area contributed by atoms with Gasteiger partial charge in [0.2, 0.25) is 5.75 Å². The molecule has 126 valence electrons. The van der Waals surface area contributed by atoms with Crippen LogP contribution in [0.2, 0.25) is 0 Å². The second-order valence-electron chi connectivity index (χ2n) is 4.82. The minimum atomic E-state index is -0.359. The third-order valence-electron chi connectivity index (χ3n) is 3.35. The van der Waals surface area contributed by atoms with Crippen LogP contribution in [0.3, 0.4) is 0 Å². The van der Waals surface area contributed by atoms with E-state index in [1.54, 1.807) is 37.3 Å². The van der Waals surface area contributed by atoms with Crippen LogP contribution in [-0.2, 0) is 0 Å². The zero-order valence-electron chi connectivity index (χ0n) is 13.5. The first-order valence-corrected chi connectivity index (χ1v) is 7.82. The van der Waals surface area contributed by atoms with Crippen LogP contribution in [0.1, 0.15) is 22.8 Å². The maximum atomic E-state index is 12.2. The molecule has 0 saturated heterocycles. The Bertz CT molecular complexity index is 790. The quantitative estimate of drug-likeness (QED) is 0.603. The van der Waals surface area contributed by atoms with E-state index in [4.69, 9.17) is 9.47 Å². The molecule has 7 heteroatoms. The maximum absolute atomic E-state index is 12.2. The van der Waals surface area contributed by atoms with E-state index in [1.165, 1.54) is 14.2 Å². The van der Waals surface area contributed by atoms with Gasteiger partial charge in [-0.15, -0.1) is 0 Å². The number of halogens is 1. The number of nitrogens with one attached hydrogen (secondary N) is 1. The Hall–Kier alpha value is -2.54. The summed E-state index contributed by atoms with van der Waals surface area (Å²) in [6.07, 6.45) is 0. The monoisotopic (exact) mass is 392 g/mol. The number of phenolic OH excluding ortho intramolecular Hbond substituents is 1. The molecule has 0 aromatic heterocycles. The van der Waals surface area contributed by atoms with E-state index in [0.717, 1.165) is 0 Å². The summed E-state index contributed by atoms with van der Waals surface area (Å²) in [7, 11) is 2.92. The van der Waals surface area contributed by atoms with Crippen molar-refractivity contribution in [2.24, 2.45) is 5.10 Å². The van der Waals surface area contributed by atoms with Gasteiger partial charge in [0.15, 0.2) is 11.5 Å². The van der Waals surface area contributed by atoms with Crippen molar-refractivity contribution in [1.29, 1.82) is 0 Å². The lowest BCUT2D eigenvalue weighted by Crippen LogP contribution is -2.19. The van der Waals surface area contributed by atoms with Crippen molar-refractivity contribution in [3.8, 4) is 17.2 Å². The van der Waals surface area contributed by atoms with Crippen molar-refractivity contribution < 1.29 is 19.4 Å². The summed E-state index contributed by atoms with van der Waals surface area (Å²) < 4.78 is 10.9. The van der Waals surface area contributed by atoms with E-state index in [0.29, 0.717) is 27.1 Å². The summed E-state index contributed by atoms with van der Waals surface area (Å²) >= 11 is 3.32. The van der Waals surface area contributed by atoms with Gasteiger partial charge >= 0.3 is 0 Å². The molecule has 0 bridgehead atoms. The van der Waals surface area contributed by atoms with E-state index in [-0.39, 0.29) is 17.4 Å². The number of methoxy groups -OCH3 is 2. The Morgan fingerprint density at radius 1 is 1.12 bits per heavy atom. The van der Waals surface area contributed by atoms with Crippen LogP contribution in [0.4, 0.5) is 0 Å². The normalized spacial score (nSPS) is 11.1. The van der Waals surface area contributed by atoms with Crippen LogP contribution >= 0.6 is 15.9 Å². The molecular weight excluding hydrogens is 376 g/mol. The molecule has 2 rings (SSSR count). The molecule has 0 radical (unpaired) electrons. The summed E-state index contributed by atoms with van der Waals surface area (Å²) in [5, 5.41) is 14.3. The van der Waals surface area contributed by atoms with Gasteiger partial charge in [-0.1, -0.05) is 12.1 Å². The third kappa shape index (κ3) is 3.68. The highest BCUT2D eigenvalue weighted by molar-refractivity contribution is 9.10. The minimum absolute atomic E-state index is 0.103. The lowest BCUT2D eigenvalue weighted by atomic mass is 10.1. The highest BCUT2D eigenvalue weighted by atomic mass is 79.9. The number of benzene rings is 2. The molecule has 2 aromatic rings. The highest BCUT2D eigenvalue weighted by Gasteiger charge is 2.16. The van der Waals surface area contributed by atoms with Gasteiger partial charge in [0, 0.05) is 10.0 Å².